The number of hydrogen-bond acceptors (Lipinski definition) is 4. The van der Waals surface area contributed by atoms with Crippen molar-refractivity contribution in [2.24, 2.45) is 0 Å². The van der Waals surface area contributed by atoms with Gasteiger partial charge in [-0.25, -0.2) is 4.39 Å². The van der Waals surface area contributed by atoms with Gasteiger partial charge in [0.1, 0.15) is 11.0 Å². The summed E-state index contributed by atoms with van der Waals surface area (Å²) in [6, 6.07) is 2.94. The minimum atomic E-state index is -0.354. The Labute approximate surface area is 80.6 Å². The molecule has 0 bridgehead atoms. The summed E-state index contributed by atoms with van der Waals surface area (Å²) in [5.74, 6) is -0.354. The van der Waals surface area contributed by atoms with Gasteiger partial charge in [0.05, 0.1) is 16.6 Å². The Morgan fingerprint density at radius 3 is 2.83 bits per heavy atom. The van der Waals surface area contributed by atoms with E-state index in [0.717, 1.165) is 27.6 Å². The second kappa shape index (κ2) is 3.16. The van der Waals surface area contributed by atoms with Crippen molar-refractivity contribution in [3.05, 3.63) is 17.9 Å². The Bertz CT molecular complexity index is 417. The van der Waals surface area contributed by atoms with Crippen LogP contribution in [0.4, 0.5) is 4.39 Å². The maximum atomic E-state index is 13.0. The zero-order chi connectivity index (χ0) is 8.55. The second-order valence-corrected chi connectivity index (χ2v) is 3.67. The van der Waals surface area contributed by atoms with Crippen molar-refractivity contribution in [2.75, 3.05) is 0 Å². The van der Waals surface area contributed by atoms with Crippen LogP contribution in [0, 0.1) is 5.82 Å². The van der Waals surface area contributed by atoms with Gasteiger partial charge >= 0.3 is 0 Å². The fourth-order valence-corrected chi connectivity index (χ4v) is 2.20. The molecule has 0 spiro atoms. The molecule has 2 aromatic rings. The molecule has 1 aromatic heterocycles. The molecule has 0 aliphatic rings. The monoisotopic (exact) mass is 220 g/mol. The minimum absolute atomic E-state index is 0.297. The molecular weight excluding hydrogens is 219 g/mol. The van der Waals surface area contributed by atoms with Crippen LogP contribution in [-0.2, 0) is 0 Å². The number of halogens is 2. The van der Waals surface area contributed by atoms with Crippen molar-refractivity contribution in [3.63, 3.8) is 0 Å². The van der Waals surface area contributed by atoms with Crippen molar-refractivity contribution >= 4 is 44.4 Å². The van der Waals surface area contributed by atoms with Crippen LogP contribution in [0.2, 0.25) is 0 Å². The highest BCUT2D eigenvalue weighted by Crippen LogP contribution is 2.30. The fourth-order valence-electron chi connectivity index (χ4n) is 0.876. The van der Waals surface area contributed by atoms with Crippen LogP contribution in [-0.4, -0.2) is 8.75 Å². The number of rotatable bonds is 1. The normalized spacial score (nSPS) is 10.8. The van der Waals surface area contributed by atoms with Crippen LogP contribution in [0.1, 0.15) is 0 Å². The SMILES string of the molecule is Fc1ccc(SCl)c2nsnc12. The van der Waals surface area contributed by atoms with Gasteiger partial charge in [-0.15, -0.1) is 0 Å². The number of hydrogen-bond donors (Lipinski definition) is 0. The summed E-state index contributed by atoms with van der Waals surface area (Å²) < 4.78 is 20.7. The molecule has 0 aliphatic heterocycles. The molecule has 0 aliphatic carbocycles. The molecule has 0 fully saturated rings. The lowest BCUT2D eigenvalue weighted by atomic mass is 10.3. The Kier molecular flexibility index (Phi) is 2.16. The summed E-state index contributed by atoms with van der Waals surface area (Å²) in [4.78, 5) is 0.738. The van der Waals surface area contributed by atoms with Crippen LogP contribution in [0.15, 0.2) is 17.0 Å². The van der Waals surface area contributed by atoms with Crippen molar-refractivity contribution in [1.29, 1.82) is 0 Å². The van der Waals surface area contributed by atoms with Gasteiger partial charge in [0, 0.05) is 0 Å². The second-order valence-electron chi connectivity index (χ2n) is 2.08. The first kappa shape index (κ1) is 8.22. The summed E-state index contributed by atoms with van der Waals surface area (Å²) in [5, 5.41) is 0. The van der Waals surface area contributed by atoms with Gasteiger partial charge in [-0.1, -0.05) is 0 Å². The highest BCUT2D eigenvalue weighted by molar-refractivity contribution is 8.21. The maximum Gasteiger partial charge on any atom is 0.152 e. The average molecular weight is 221 g/mol. The first-order valence-corrected chi connectivity index (χ1v) is 5.39. The lowest BCUT2D eigenvalue weighted by Crippen LogP contribution is -1.79. The van der Waals surface area contributed by atoms with Gasteiger partial charge in [0.15, 0.2) is 5.82 Å². The van der Waals surface area contributed by atoms with Gasteiger partial charge in [-0.2, -0.15) is 8.75 Å². The third-order valence-corrected chi connectivity index (χ3v) is 2.94. The van der Waals surface area contributed by atoms with Gasteiger partial charge in [-0.3, -0.25) is 0 Å². The van der Waals surface area contributed by atoms with E-state index in [1.807, 2.05) is 0 Å². The smallest absolute Gasteiger partial charge is 0.152 e. The Balaban J connectivity index is 2.82. The Hall–Kier alpha value is -0.390. The highest BCUT2D eigenvalue weighted by atomic mass is 35.7. The summed E-state index contributed by atoms with van der Waals surface area (Å²) in [6.07, 6.45) is 0. The Morgan fingerprint density at radius 1 is 1.33 bits per heavy atom. The molecule has 1 heterocycles. The van der Waals surface area contributed by atoms with E-state index >= 15 is 0 Å². The van der Waals surface area contributed by atoms with E-state index in [1.54, 1.807) is 6.07 Å². The van der Waals surface area contributed by atoms with Gasteiger partial charge in [0.25, 0.3) is 0 Å². The zero-order valence-electron chi connectivity index (χ0n) is 5.62. The number of fused-ring (bicyclic) bond motifs is 1. The lowest BCUT2D eigenvalue weighted by molar-refractivity contribution is 0.637. The first-order valence-electron chi connectivity index (χ1n) is 3.02. The van der Waals surface area contributed by atoms with E-state index in [2.05, 4.69) is 8.75 Å². The first-order chi connectivity index (χ1) is 5.83. The molecule has 1 aromatic carbocycles. The molecule has 0 N–H and O–H groups in total. The highest BCUT2D eigenvalue weighted by Gasteiger charge is 2.09. The molecule has 0 unspecified atom stereocenters. The van der Waals surface area contributed by atoms with Crippen LogP contribution in [0.3, 0.4) is 0 Å². The summed E-state index contributed by atoms with van der Waals surface area (Å²) in [6.45, 7) is 0. The van der Waals surface area contributed by atoms with Gasteiger partial charge in [0.2, 0.25) is 0 Å². The molecular formula is C6H2ClFN2S2. The van der Waals surface area contributed by atoms with Crippen LogP contribution in [0.5, 0.6) is 0 Å². The van der Waals surface area contributed by atoms with E-state index in [-0.39, 0.29) is 5.82 Å². The van der Waals surface area contributed by atoms with E-state index in [4.69, 9.17) is 10.7 Å². The van der Waals surface area contributed by atoms with E-state index in [0.29, 0.717) is 11.0 Å². The topological polar surface area (TPSA) is 25.8 Å². The lowest BCUT2D eigenvalue weighted by Gasteiger charge is -1.94. The third-order valence-electron chi connectivity index (χ3n) is 1.41. The molecule has 0 saturated heterocycles. The largest absolute Gasteiger partial charge is 0.204 e. The van der Waals surface area contributed by atoms with Gasteiger partial charge < -0.3 is 0 Å². The fraction of sp³-hybridized carbons (Fsp3) is 0. The maximum absolute atomic E-state index is 13.0. The van der Waals surface area contributed by atoms with Crippen LogP contribution >= 0.6 is 33.4 Å². The number of benzene rings is 1. The number of nitrogens with zero attached hydrogens (tertiary/aromatic N) is 2. The van der Waals surface area contributed by atoms with E-state index in [9.17, 15) is 4.39 Å². The molecule has 0 atom stereocenters. The molecule has 12 heavy (non-hydrogen) atoms. The number of aromatic nitrogens is 2. The van der Waals surface area contributed by atoms with Crippen molar-refractivity contribution in [3.8, 4) is 0 Å². The van der Waals surface area contributed by atoms with Crippen LogP contribution in [0.25, 0.3) is 11.0 Å². The standard InChI is InChI=1S/C6H2ClFN2S2/c7-11-4-2-1-3(8)5-6(4)10-12-9-5/h1-2H. The minimum Gasteiger partial charge on any atom is -0.204 e. The molecule has 2 nitrogen and oxygen atoms in total. The molecule has 0 saturated carbocycles. The Morgan fingerprint density at radius 2 is 2.08 bits per heavy atom. The van der Waals surface area contributed by atoms with E-state index in [1.165, 1.54) is 6.07 Å². The predicted octanol–water partition coefficient (Wildman–Crippen LogP) is 3.08. The van der Waals surface area contributed by atoms with Gasteiger partial charge in [-0.05, 0) is 33.8 Å². The summed E-state index contributed by atoms with van der Waals surface area (Å²) in [7, 11) is 6.57. The molecule has 0 radical (unpaired) electrons. The quantitative estimate of drug-likeness (QED) is 0.739. The van der Waals surface area contributed by atoms with Crippen molar-refractivity contribution in [1.82, 2.24) is 8.75 Å². The zero-order valence-corrected chi connectivity index (χ0v) is 8.01. The predicted molar refractivity (Wildman–Crippen MR) is 49.1 cm³/mol. The average Bonchev–Trinajstić information content (AvgIpc) is 2.54. The van der Waals surface area contributed by atoms with Crippen molar-refractivity contribution in [2.45, 2.75) is 4.90 Å². The molecule has 2 rings (SSSR count). The summed E-state index contributed by atoms with van der Waals surface area (Å²) >= 11 is 0.985. The van der Waals surface area contributed by atoms with Crippen molar-refractivity contribution < 1.29 is 4.39 Å². The molecule has 0 amide bonds. The molecule has 62 valence electrons. The molecule has 6 heteroatoms. The third kappa shape index (κ3) is 1.18. The summed E-state index contributed by atoms with van der Waals surface area (Å²) in [5.41, 5.74) is 0.839. The van der Waals surface area contributed by atoms with E-state index < -0.39 is 0 Å². The van der Waals surface area contributed by atoms with Crippen LogP contribution < -0.4 is 0 Å².